The van der Waals surface area contributed by atoms with Gasteiger partial charge in [-0.05, 0) is 29.6 Å². The van der Waals surface area contributed by atoms with E-state index in [2.05, 4.69) is 24.5 Å². The summed E-state index contributed by atoms with van der Waals surface area (Å²) in [4.78, 5) is 24.8. The molecular weight excluding hydrogens is 443 g/mol. The average molecular weight is 459 g/mol. The lowest BCUT2D eigenvalue weighted by molar-refractivity contribution is -0.159. The van der Waals surface area contributed by atoms with E-state index in [1.54, 1.807) is 34.6 Å². The van der Waals surface area contributed by atoms with Crippen molar-refractivity contribution in [1.29, 1.82) is 0 Å². The summed E-state index contributed by atoms with van der Waals surface area (Å²) in [6, 6.07) is 10.3. The van der Waals surface area contributed by atoms with Crippen molar-refractivity contribution in [3.05, 3.63) is 59.4 Å². The number of halogens is 3. The molecule has 1 fully saturated rings. The summed E-state index contributed by atoms with van der Waals surface area (Å²) >= 11 is 1.66. The molecule has 0 spiro atoms. The van der Waals surface area contributed by atoms with Gasteiger partial charge < -0.3 is 14.3 Å². The number of amides is 1. The van der Waals surface area contributed by atoms with Gasteiger partial charge in [0.15, 0.2) is 0 Å². The van der Waals surface area contributed by atoms with E-state index in [-0.39, 0.29) is 17.3 Å². The standard InChI is InChI=1S/C21H16F3N5O2S/c22-21(23,24)20-26-17(27-31-20)13-2-1-3-14(12-13)19(30)29-9-7-28(8-10-29)18-15-5-11-32-16(15)4-6-25-18/h1-6,11-12H,7-10H2. The zero-order valence-electron chi connectivity index (χ0n) is 16.5. The zero-order chi connectivity index (χ0) is 22.3. The topological polar surface area (TPSA) is 75.4 Å². The van der Waals surface area contributed by atoms with E-state index in [9.17, 15) is 18.0 Å². The molecule has 32 heavy (non-hydrogen) atoms. The van der Waals surface area contributed by atoms with Crippen LogP contribution in [-0.4, -0.2) is 52.1 Å². The number of nitrogens with zero attached hydrogens (tertiary/aromatic N) is 5. The van der Waals surface area contributed by atoms with Crippen molar-refractivity contribution in [3.63, 3.8) is 0 Å². The van der Waals surface area contributed by atoms with Gasteiger partial charge in [-0.25, -0.2) is 4.98 Å². The van der Waals surface area contributed by atoms with Crippen LogP contribution in [0.1, 0.15) is 16.2 Å². The van der Waals surface area contributed by atoms with Crippen molar-refractivity contribution < 1.29 is 22.5 Å². The monoisotopic (exact) mass is 459 g/mol. The first-order valence-electron chi connectivity index (χ1n) is 9.78. The number of anilines is 1. The fraction of sp³-hybridized carbons (Fsp3) is 0.238. The second-order valence-corrected chi connectivity index (χ2v) is 8.20. The van der Waals surface area contributed by atoms with E-state index < -0.39 is 12.1 Å². The molecule has 0 radical (unpaired) electrons. The Morgan fingerprint density at radius 3 is 2.66 bits per heavy atom. The van der Waals surface area contributed by atoms with E-state index in [1.165, 1.54) is 16.8 Å². The Kier molecular flexibility index (Phi) is 5.04. The van der Waals surface area contributed by atoms with Crippen LogP contribution >= 0.6 is 11.3 Å². The maximum atomic E-state index is 13.0. The predicted molar refractivity (Wildman–Crippen MR) is 112 cm³/mol. The van der Waals surface area contributed by atoms with Gasteiger partial charge in [0.1, 0.15) is 5.82 Å². The van der Waals surface area contributed by atoms with Crippen molar-refractivity contribution in [2.24, 2.45) is 0 Å². The number of carbonyl (C=O) groups is 1. The molecule has 0 bridgehead atoms. The minimum atomic E-state index is -4.72. The number of carbonyl (C=O) groups excluding carboxylic acids is 1. The number of hydrogen-bond acceptors (Lipinski definition) is 7. The van der Waals surface area contributed by atoms with Gasteiger partial charge in [0.25, 0.3) is 5.91 Å². The van der Waals surface area contributed by atoms with Crippen LogP contribution < -0.4 is 4.90 Å². The zero-order valence-corrected chi connectivity index (χ0v) is 17.4. The molecule has 0 atom stereocenters. The predicted octanol–water partition coefficient (Wildman–Crippen LogP) is 4.33. The summed E-state index contributed by atoms with van der Waals surface area (Å²) in [5.74, 6) is -0.926. The maximum Gasteiger partial charge on any atom is 0.471 e. The highest BCUT2D eigenvalue weighted by Crippen LogP contribution is 2.30. The van der Waals surface area contributed by atoms with E-state index in [0.717, 1.165) is 11.2 Å². The first-order chi connectivity index (χ1) is 15.4. The van der Waals surface area contributed by atoms with Gasteiger partial charge >= 0.3 is 12.1 Å². The van der Waals surface area contributed by atoms with Crippen molar-refractivity contribution in [3.8, 4) is 11.4 Å². The average Bonchev–Trinajstić information content (AvgIpc) is 3.48. The summed E-state index contributed by atoms with van der Waals surface area (Å²) in [6.45, 7) is 2.28. The molecule has 164 valence electrons. The van der Waals surface area contributed by atoms with Gasteiger partial charge in [0.05, 0.1) is 0 Å². The molecule has 3 aromatic heterocycles. The van der Waals surface area contributed by atoms with Gasteiger partial charge in [-0.2, -0.15) is 18.2 Å². The summed E-state index contributed by atoms with van der Waals surface area (Å²) in [5, 5.41) is 6.52. The second kappa shape index (κ2) is 7.90. The molecule has 7 nitrogen and oxygen atoms in total. The van der Waals surface area contributed by atoms with Crippen LogP contribution in [0.3, 0.4) is 0 Å². The maximum absolute atomic E-state index is 13.0. The first kappa shape index (κ1) is 20.4. The van der Waals surface area contributed by atoms with Crippen LogP contribution in [0.5, 0.6) is 0 Å². The third-order valence-corrected chi connectivity index (χ3v) is 6.14. The van der Waals surface area contributed by atoms with Crippen molar-refractivity contribution in [1.82, 2.24) is 20.0 Å². The first-order valence-corrected chi connectivity index (χ1v) is 10.7. The Balaban J connectivity index is 1.30. The minimum absolute atomic E-state index is 0.201. The number of rotatable bonds is 3. The summed E-state index contributed by atoms with van der Waals surface area (Å²) in [7, 11) is 0. The van der Waals surface area contributed by atoms with Crippen molar-refractivity contribution >= 4 is 33.1 Å². The van der Waals surface area contributed by atoms with Gasteiger partial charge in [0.2, 0.25) is 5.82 Å². The van der Waals surface area contributed by atoms with Crippen LogP contribution in [-0.2, 0) is 6.18 Å². The lowest BCUT2D eigenvalue weighted by Crippen LogP contribution is -2.49. The Hall–Kier alpha value is -3.47. The van der Waals surface area contributed by atoms with Gasteiger partial charge in [-0.15, -0.1) is 11.3 Å². The minimum Gasteiger partial charge on any atom is -0.353 e. The fourth-order valence-corrected chi connectivity index (χ4v) is 4.46. The van der Waals surface area contributed by atoms with Crippen LogP contribution in [0.25, 0.3) is 21.5 Å². The van der Waals surface area contributed by atoms with E-state index in [0.29, 0.717) is 31.7 Å². The molecular formula is C21H16F3N5O2S. The van der Waals surface area contributed by atoms with Crippen LogP contribution in [0.2, 0.25) is 0 Å². The van der Waals surface area contributed by atoms with E-state index >= 15 is 0 Å². The van der Waals surface area contributed by atoms with E-state index in [4.69, 9.17) is 0 Å². The quantitative estimate of drug-likeness (QED) is 0.454. The van der Waals surface area contributed by atoms with Crippen LogP contribution in [0.15, 0.2) is 52.5 Å². The molecule has 4 aromatic rings. The largest absolute Gasteiger partial charge is 0.471 e. The summed E-state index contributed by atoms with van der Waals surface area (Å²) in [5.41, 5.74) is 0.634. The number of fused-ring (bicyclic) bond motifs is 1. The molecule has 0 saturated carbocycles. The molecule has 1 saturated heterocycles. The Morgan fingerprint density at radius 2 is 1.91 bits per heavy atom. The molecule has 0 N–H and O–H groups in total. The Bertz CT molecular complexity index is 1280. The number of hydrogen-bond donors (Lipinski definition) is 0. The van der Waals surface area contributed by atoms with Gasteiger partial charge in [-0.3, -0.25) is 4.79 Å². The highest BCUT2D eigenvalue weighted by Gasteiger charge is 2.38. The van der Waals surface area contributed by atoms with Crippen LogP contribution in [0, 0.1) is 0 Å². The number of alkyl halides is 3. The highest BCUT2D eigenvalue weighted by molar-refractivity contribution is 7.17. The molecule has 1 aromatic carbocycles. The molecule has 0 unspecified atom stereocenters. The molecule has 1 amide bonds. The molecule has 11 heteroatoms. The van der Waals surface area contributed by atoms with Gasteiger partial charge in [-0.1, -0.05) is 17.3 Å². The third kappa shape index (κ3) is 3.79. The number of thiophene rings is 1. The number of pyridine rings is 1. The molecule has 1 aliphatic heterocycles. The highest BCUT2D eigenvalue weighted by atomic mass is 32.1. The lowest BCUT2D eigenvalue weighted by Gasteiger charge is -2.35. The number of piperazine rings is 1. The van der Waals surface area contributed by atoms with Crippen molar-refractivity contribution in [2.75, 3.05) is 31.1 Å². The summed E-state index contributed by atoms with van der Waals surface area (Å²) < 4.78 is 43.6. The SMILES string of the molecule is O=C(c1cccc(-c2noc(C(F)(F)F)n2)c1)N1CCN(c2nccc3sccc23)CC1. The second-order valence-electron chi connectivity index (χ2n) is 7.25. The van der Waals surface area contributed by atoms with Gasteiger partial charge in [0, 0.05) is 53.6 Å². The number of aromatic nitrogens is 3. The molecule has 0 aliphatic carbocycles. The fourth-order valence-electron chi connectivity index (χ4n) is 3.68. The third-order valence-electron chi connectivity index (χ3n) is 5.26. The molecule has 4 heterocycles. The van der Waals surface area contributed by atoms with E-state index in [1.807, 2.05) is 17.5 Å². The van der Waals surface area contributed by atoms with Crippen molar-refractivity contribution in [2.45, 2.75) is 6.18 Å². The van der Waals surface area contributed by atoms with Crippen LogP contribution in [0.4, 0.5) is 19.0 Å². The Morgan fingerprint density at radius 1 is 1.09 bits per heavy atom. The number of benzene rings is 1. The summed E-state index contributed by atoms with van der Waals surface area (Å²) in [6.07, 6.45) is -2.93. The smallest absolute Gasteiger partial charge is 0.353 e. The normalized spacial score (nSPS) is 14.8. The molecule has 5 rings (SSSR count). The lowest BCUT2D eigenvalue weighted by atomic mass is 10.1. The molecule has 1 aliphatic rings. The Labute approximate surface area is 184 Å².